The van der Waals surface area contributed by atoms with Crippen molar-refractivity contribution in [2.24, 2.45) is 5.10 Å². The third-order valence-electron chi connectivity index (χ3n) is 3.73. The lowest BCUT2D eigenvalue weighted by Gasteiger charge is -2.11. The summed E-state index contributed by atoms with van der Waals surface area (Å²) in [7, 11) is 0. The van der Waals surface area contributed by atoms with Crippen LogP contribution >= 0.6 is 34.8 Å². The Balaban J connectivity index is 1.64. The van der Waals surface area contributed by atoms with Crippen LogP contribution in [0.4, 0.5) is 0 Å². The van der Waals surface area contributed by atoms with E-state index in [2.05, 4.69) is 10.5 Å². The molecule has 0 bridgehead atoms. The van der Waals surface area contributed by atoms with Gasteiger partial charge in [0, 0.05) is 10.6 Å². The number of amides is 1. The second-order valence-electron chi connectivity index (χ2n) is 5.79. The van der Waals surface area contributed by atoms with Gasteiger partial charge in [0.15, 0.2) is 5.75 Å². The highest BCUT2D eigenvalue weighted by Crippen LogP contribution is 2.34. The Labute approximate surface area is 177 Å². The van der Waals surface area contributed by atoms with Gasteiger partial charge in [0.25, 0.3) is 5.91 Å². The lowest BCUT2D eigenvalue weighted by Crippen LogP contribution is -2.17. The molecule has 0 aliphatic heterocycles. The fourth-order valence-electron chi connectivity index (χ4n) is 2.35. The Bertz CT molecular complexity index is 967. The van der Waals surface area contributed by atoms with Gasteiger partial charge < -0.3 is 4.74 Å². The molecule has 3 aromatic carbocycles. The van der Waals surface area contributed by atoms with E-state index in [4.69, 9.17) is 39.5 Å². The Morgan fingerprint density at radius 3 is 2.25 bits per heavy atom. The number of ether oxygens (including phenoxy) is 1. The third kappa shape index (κ3) is 5.49. The number of hydrogen-bond acceptors (Lipinski definition) is 3. The van der Waals surface area contributed by atoms with E-state index in [9.17, 15) is 4.79 Å². The van der Waals surface area contributed by atoms with Crippen molar-refractivity contribution in [2.75, 3.05) is 0 Å². The number of nitrogens with zero attached hydrogens (tertiary/aromatic N) is 1. The van der Waals surface area contributed by atoms with Gasteiger partial charge >= 0.3 is 0 Å². The normalized spacial score (nSPS) is 10.8. The Morgan fingerprint density at radius 2 is 1.61 bits per heavy atom. The fourth-order valence-corrected chi connectivity index (χ4v) is 3.09. The zero-order valence-electron chi connectivity index (χ0n) is 14.5. The molecule has 0 unspecified atom stereocenters. The molecular formula is C21H15Cl3N2O2. The van der Waals surface area contributed by atoms with Crippen LogP contribution in [0, 0.1) is 0 Å². The first-order valence-electron chi connectivity index (χ1n) is 8.27. The summed E-state index contributed by atoms with van der Waals surface area (Å²) in [5.74, 6) is 0.0439. The highest BCUT2D eigenvalue weighted by atomic mass is 35.5. The van der Waals surface area contributed by atoms with Gasteiger partial charge in [0.05, 0.1) is 16.3 Å². The number of benzene rings is 3. The maximum absolute atomic E-state index is 12.0. The molecule has 0 heterocycles. The van der Waals surface area contributed by atoms with Crippen molar-refractivity contribution in [1.29, 1.82) is 0 Å². The molecule has 0 atom stereocenters. The number of hydrogen-bond donors (Lipinski definition) is 1. The molecule has 0 saturated carbocycles. The van der Waals surface area contributed by atoms with Crippen LogP contribution in [-0.4, -0.2) is 12.1 Å². The van der Waals surface area contributed by atoms with Crippen molar-refractivity contribution in [3.8, 4) is 5.75 Å². The molecule has 0 aliphatic carbocycles. The molecule has 0 radical (unpaired) electrons. The van der Waals surface area contributed by atoms with E-state index in [1.807, 2.05) is 30.3 Å². The SMILES string of the molecule is O=C(N/N=C\c1cc(Cl)c(OCc2ccccc2)c(Cl)c1)c1ccc(Cl)cc1. The van der Waals surface area contributed by atoms with Crippen LogP contribution in [0.1, 0.15) is 21.5 Å². The quantitative estimate of drug-likeness (QED) is 0.383. The van der Waals surface area contributed by atoms with E-state index in [1.165, 1.54) is 6.21 Å². The predicted molar refractivity (Wildman–Crippen MR) is 114 cm³/mol. The van der Waals surface area contributed by atoms with Crippen LogP contribution in [0.25, 0.3) is 0 Å². The average Bonchev–Trinajstić information content (AvgIpc) is 2.68. The second kappa shape index (κ2) is 9.60. The summed E-state index contributed by atoms with van der Waals surface area (Å²) in [5, 5.41) is 5.20. The van der Waals surface area contributed by atoms with E-state index in [1.54, 1.807) is 36.4 Å². The average molecular weight is 434 g/mol. The molecule has 0 spiro atoms. The van der Waals surface area contributed by atoms with Crippen LogP contribution in [0.3, 0.4) is 0 Å². The minimum atomic E-state index is -0.354. The highest BCUT2D eigenvalue weighted by molar-refractivity contribution is 6.37. The van der Waals surface area contributed by atoms with Gasteiger partial charge in [-0.1, -0.05) is 65.1 Å². The molecule has 0 aliphatic rings. The second-order valence-corrected chi connectivity index (χ2v) is 7.04. The number of carbonyl (C=O) groups is 1. The number of hydrazone groups is 1. The van der Waals surface area contributed by atoms with E-state index < -0.39 is 0 Å². The van der Waals surface area contributed by atoms with Gasteiger partial charge in [-0.15, -0.1) is 0 Å². The van der Waals surface area contributed by atoms with E-state index >= 15 is 0 Å². The Hall–Kier alpha value is -2.53. The molecule has 28 heavy (non-hydrogen) atoms. The molecule has 142 valence electrons. The molecule has 4 nitrogen and oxygen atoms in total. The van der Waals surface area contributed by atoms with Gasteiger partial charge in [-0.3, -0.25) is 4.79 Å². The van der Waals surface area contributed by atoms with Crippen LogP contribution in [0.2, 0.25) is 15.1 Å². The molecule has 0 saturated heterocycles. The Kier molecular flexibility index (Phi) is 6.93. The van der Waals surface area contributed by atoms with Crippen molar-refractivity contribution in [1.82, 2.24) is 5.43 Å². The third-order valence-corrected chi connectivity index (χ3v) is 4.55. The van der Waals surface area contributed by atoms with E-state index in [0.29, 0.717) is 38.6 Å². The van der Waals surface area contributed by atoms with Crippen molar-refractivity contribution in [3.63, 3.8) is 0 Å². The number of halogens is 3. The first-order chi connectivity index (χ1) is 13.5. The molecular weight excluding hydrogens is 419 g/mol. The molecule has 3 rings (SSSR count). The highest BCUT2D eigenvalue weighted by Gasteiger charge is 2.10. The van der Waals surface area contributed by atoms with Gasteiger partial charge in [-0.25, -0.2) is 5.43 Å². The maximum atomic E-state index is 12.0. The van der Waals surface area contributed by atoms with Crippen LogP contribution in [0.15, 0.2) is 71.8 Å². The predicted octanol–water partition coefficient (Wildman–Crippen LogP) is 5.99. The summed E-state index contributed by atoms with van der Waals surface area (Å²) < 4.78 is 5.73. The van der Waals surface area contributed by atoms with Crippen LogP contribution < -0.4 is 10.2 Å². The van der Waals surface area contributed by atoms with Crippen molar-refractivity contribution in [2.45, 2.75) is 6.61 Å². The summed E-state index contributed by atoms with van der Waals surface area (Å²) in [6.07, 6.45) is 1.45. The Morgan fingerprint density at radius 1 is 0.964 bits per heavy atom. The van der Waals surface area contributed by atoms with E-state index in [0.717, 1.165) is 5.56 Å². The van der Waals surface area contributed by atoms with Gasteiger partial charge in [-0.2, -0.15) is 5.10 Å². The zero-order chi connectivity index (χ0) is 19.9. The monoisotopic (exact) mass is 432 g/mol. The molecule has 0 fully saturated rings. The van der Waals surface area contributed by atoms with Crippen LogP contribution in [-0.2, 0) is 6.61 Å². The lowest BCUT2D eigenvalue weighted by atomic mass is 10.2. The minimum Gasteiger partial charge on any atom is -0.486 e. The summed E-state index contributed by atoms with van der Waals surface area (Å²) in [4.78, 5) is 12.0. The largest absolute Gasteiger partial charge is 0.486 e. The van der Waals surface area contributed by atoms with Gasteiger partial charge in [-0.05, 0) is 47.5 Å². The first kappa shape index (κ1) is 20.2. The molecule has 0 aromatic heterocycles. The standard InChI is InChI=1S/C21H15Cl3N2O2/c22-17-8-6-16(7-9-17)21(27)26-25-12-15-10-18(23)20(19(24)11-15)28-13-14-4-2-1-3-5-14/h1-12H,13H2,(H,26,27)/b25-12-. The van der Waals surface area contributed by atoms with Gasteiger partial charge in [0.1, 0.15) is 6.61 Å². The van der Waals surface area contributed by atoms with Crippen molar-refractivity contribution >= 4 is 46.9 Å². The smallest absolute Gasteiger partial charge is 0.271 e. The summed E-state index contributed by atoms with van der Waals surface area (Å²) in [6.45, 7) is 0.352. The molecule has 7 heteroatoms. The fraction of sp³-hybridized carbons (Fsp3) is 0.0476. The van der Waals surface area contributed by atoms with Crippen molar-refractivity contribution < 1.29 is 9.53 Å². The number of carbonyl (C=O) groups excluding carboxylic acids is 1. The molecule has 1 N–H and O–H groups in total. The summed E-state index contributed by atoms with van der Waals surface area (Å²) in [6, 6.07) is 19.5. The molecule has 3 aromatic rings. The van der Waals surface area contributed by atoms with Crippen molar-refractivity contribution in [3.05, 3.63) is 98.5 Å². The minimum absolute atomic E-state index is 0.352. The molecule has 1 amide bonds. The van der Waals surface area contributed by atoms with Crippen LogP contribution in [0.5, 0.6) is 5.75 Å². The first-order valence-corrected chi connectivity index (χ1v) is 9.41. The maximum Gasteiger partial charge on any atom is 0.271 e. The van der Waals surface area contributed by atoms with Gasteiger partial charge in [0.2, 0.25) is 0 Å². The summed E-state index contributed by atoms with van der Waals surface area (Å²) in [5.41, 5.74) is 4.51. The number of rotatable bonds is 6. The summed E-state index contributed by atoms with van der Waals surface area (Å²) >= 11 is 18.4. The topological polar surface area (TPSA) is 50.7 Å². The van der Waals surface area contributed by atoms with E-state index in [-0.39, 0.29) is 5.91 Å². The lowest BCUT2D eigenvalue weighted by molar-refractivity contribution is 0.0955. The number of nitrogens with one attached hydrogen (secondary N) is 1. The zero-order valence-corrected chi connectivity index (χ0v) is 16.8.